The quantitative estimate of drug-likeness (QED) is 0.803. The molecule has 2 rings (SSSR count). The maximum atomic E-state index is 11.8. The molecule has 0 aliphatic carbocycles. The van der Waals surface area contributed by atoms with Crippen LogP contribution in [0.3, 0.4) is 0 Å². The summed E-state index contributed by atoms with van der Waals surface area (Å²) in [6.45, 7) is 1.95. The van der Waals surface area contributed by atoms with Crippen LogP contribution in [0.5, 0.6) is 11.5 Å². The summed E-state index contributed by atoms with van der Waals surface area (Å²) in [5.41, 5.74) is 1.25. The number of para-hydroxylation sites is 1. The van der Waals surface area contributed by atoms with Crippen molar-refractivity contribution in [1.29, 1.82) is 5.26 Å². The Morgan fingerprint density at radius 1 is 1.25 bits per heavy atom. The maximum absolute atomic E-state index is 11.8. The minimum Gasteiger partial charge on any atom is -0.456 e. The molecule has 0 aromatic heterocycles. The molecule has 0 saturated heterocycles. The minimum atomic E-state index is -0.413. The van der Waals surface area contributed by atoms with Gasteiger partial charge in [-0.15, -0.1) is 6.42 Å². The van der Waals surface area contributed by atoms with Gasteiger partial charge in [0, 0.05) is 5.69 Å². The summed E-state index contributed by atoms with van der Waals surface area (Å²) < 4.78 is 5.71. The Kier molecular flexibility index (Phi) is 5.82. The molecular formula is C19H17N3O2. The zero-order valence-electron chi connectivity index (χ0n) is 13.2. The van der Waals surface area contributed by atoms with Crippen molar-refractivity contribution < 1.29 is 9.53 Å². The molecule has 0 heterocycles. The van der Waals surface area contributed by atoms with Crippen LogP contribution in [-0.2, 0) is 4.79 Å². The first-order chi connectivity index (χ1) is 11.6. The zero-order valence-corrected chi connectivity index (χ0v) is 13.2. The second-order valence-corrected chi connectivity index (χ2v) is 5.02. The van der Waals surface area contributed by atoms with Crippen LogP contribution in [0.2, 0.25) is 0 Å². The summed E-state index contributed by atoms with van der Waals surface area (Å²) in [5.74, 6) is 3.29. The molecule has 0 saturated carbocycles. The van der Waals surface area contributed by atoms with Crippen molar-refractivity contribution in [1.82, 2.24) is 5.32 Å². The topological polar surface area (TPSA) is 74.2 Å². The Hall–Kier alpha value is -3.44. The standard InChI is InChI=1S/C19H17N3O2/c1-3-12-21-19(23)14(2)22-16-8-10-17(11-9-16)24-18-7-5-4-6-15(18)13-20/h1,4-11,14,22H,12H2,2H3,(H,21,23). The lowest BCUT2D eigenvalue weighted by molar-refractivity contribution is -0.121. The Balaban J connectivity index is 1.99. The third-order valence-electron chi connectivity index (χ3n) is 3.23. The van der Waals surface area contributed by atoms with E-state index in [1.54, 1.807) is 49.4 Å². The molecule has 2 aromatic carbocycles. The van der Waals surface area contributed by atoms with Gasteiger partial charge in [0.1, 0.15) is 23.6 Å². The lowest BCUT2D eigenvalue weighted by Gasteiger charge is -2.15. The fraction of sp³-hybridized carbons (Fsp3) is 0.158. The van der Waals surface area contributed by atoms with Gasteiger partial charge < -0.3 is 15.4 Å². The maximum Gasteiger partial charge on any atom is 0.242 e. The molecule has 5 nitrogen and oxygen atoms in total. The normalized spacial score (nSPS) is 10.8. The van der Waals surface area contributed by atoms with E-state index in [4.69, 9.17) is 16.4 Å². The van der Waals surface area contributed by atoms with Crippen LogP contribution in [0, 0.1) is 23.7 Å². The Morgan fingerprint density at radius 3 is 2.62 bits per heavy atom. The van der Waals surface area contributed by atoms with Gasteiger partial charge >= 0.3 is 0 Å². The number of nitriles is 1. The lowest BCUT2D eigenvalue weighted by atomic mass is 10.2. The van der Waals surface area contributed by atoms with Crippen LogP contribution in [-0.4, -0.2) is 18.5 Å². The van der Waals surface area contributed by atoms with Gasteiger partial charge in [0.25, 0.3) is 0 Å². The van der Waals surface area contributed by atoms with Crippen LogP contribution in [0.4, 0.5) is 5.69 Å². The molecule has 1 amide bonds. The monoisotopic (exact) mass is 319 g/mol. The minimum absolute atomic E-state index is 0.170. The number of rotatable bonds is 6. The molecule has 0 aliphatic rings. The molecule has 0 spiro atoms. The SMILES string of the molecule is C#CCNC(=O)C(C)Nc1ccc(Oc2ccccc2C#N)cc1. The molecule has 2 N–H and O–H groups in total. The molecule has 0 bridgehead atoms. The van der Waals surface area contributed by atoms with E-state index in [0.29, 0.717) is 17.1 Å². The van der Waals surface area contributed by atoms with Gasteiger partial charge in [-0.05, 0) is 43.3 Å². The third kappa shape index (κ3) is 4.53. The molecule has 1 unspecified atom stereocenters. The smallest absolute Gasteiger partial charge is 0.242 e. The van der Waals surface area contributed by atoms with E-state index >= 15 is 0 Å². The third-order valence-corrected chi connectivity index (χ3v) is 3.23. The van der Waals surface area contributed by atoms with Gasteiger partial charge in [-0.25, -0.2) is 0 Å². The Bertz CT molecular complexity index is 785. The van der Waals surface area contributed by atoms with Gasteiger partial charge in [0.15, 0.2) is 0 Å². The van der Waals surface area contributed by atoms with Gasteiger partial charge in [-0.3, -0.25) is 4.79 Å². The number of benzene rings is 2. The predicted molar refractivity (Wildman–Crippen MR) is 92.6 cm³/mol. The van der Waals surface area contributed by atoms with Crippen LogP contribution in [0.25, 0.3) is 0 Å². The van der Waals surface area contributed by atoms with Crippen molar-refractivity contribution in [3.63, 3.8) is 0 Å². The number of nitrogens with one attached hydrogen (secondary N) is 2. The summed E-state index contributed by atoms with van der Waals surface area (Å²) in [6.07, 6.45) is 5.11. The van der Waals surface area contributed by atoms with E-state index in [0.717, 1.165) is 5.69 Å². The van der Waals surface area contributed by atoms with E-state index in [2.05, 4.69) is 22.6 Å². The van der Waals surface area contributed by atoms with Gasteiger partial charge in [-0.1, -0.05) is 18.1 Å². The van der Waals surface area contributed by atoms with Crippen molar-refractivity contribution in [3.8, 4) is 29.9 Å². The van der Waals surface area contributed by atoms with E-state index in [1.165, 1.54) is 0 Å². The molecule has 0 fully saturated rings. The molecule has 5 heteroatoms. The highest BCUT2D eigenvalue weighted by Gasteiger charge is 2.11. The molecule has 24 heavy (non-hydrogen) atoms. The number of hydrogen-bond acceptors (Lipinski definition) is 4. The fourth-order valence-electron chi connectivity index (χ4n) is 2.00. The highest BCUT2D eigenvalue weighted by atomic mass is 16.5. The number of hydrogen-bond donors (Lipinski definition) is 2. The van der Waals surface area contributed by atoms with Crippen LogP contribution in [0.15, 0.2) is 48.5 Å². The largest absolute Gasteiger partial charge is 0.456 e. The molecule has 0 radical (unpaired) electrons. The summed E-state index contributed by atoms with van der Waals surface area (Å²) >= 11 is 0. The van der Waals surface area contributed by atoms with Crippen molar-refractivity contribution in [2.24, 2.45) is 0 Å². The molecule has 0 aliphatic heterocycles. The number of carbonyl (C=O) groups is 1. The molecule has 2 aromatic rings. The van der Waals surface area contributed by atoms with E-state index in [9.17, 15) is 4.79 Å². The summed E-state index contributed by atoms with van der Waals surface area (Å²) in [4.78, 5) is 11.8. The zero-order chi connectivity index (χ0) is 17.4. The molecule has 120 valence electrons. The molecule has 1 atom stereocenters. The van der Waals surface area contributed by atoms with Gasteiger partial charge in [0.05, 0.1) is 12.1 Å². The highest BCUT2D eigenvalue weighted by Crippen LogP contribution is 2.25. The molecular weight excluding hydrogens is 302 g/mol. The predicted octanol–water partition coefficient (Wildman–Crippen LogP) is 2.90. The van der Waals surface area contributed by atoms with Crippen molar-refractivity contribution in [2.45, 2.75) is 13.0 Å². The lowest BCUT2D eigenvalue weighted by Crippen LogP contribution is -2.37. The van der Waals surface area contributed by atoms with E-state index in [-0.39, 0.29) is 12.5 Å². The van der Waals surface area contributed by atoms with Crippen molar-refractivity contribution >= 4 is 11.6 Å². The van der Waals surface area contributed by atoms with E-state index < -0.39 is 6.04 Å². The Labute approximate surface area is 141 Å². The number of ether oxygens (including phenoxy) is 1. The number of anilines is 1. The summed E-state index contributed by atoms with van der Waals surface area (Å²) in [6, 6.07) is 15.8. The fourth-order valence-corrected chi connectivity index (χ4v) is 2.00. The average Bonchev–Trinajstić information content (AvgIpc) is 2.61. The second kappa shape index (κ2) is 8.26. The van der Waals surface area contributed by atoms with Gasteiger partial charge in [-0.2, -0.15) is 5.26 Å². The summed E-state index contributed by atoms with van der Waals surface area (Å²) in [7, 11) is 0. The first-order valence-electron chi connectivity index (χ1n) is 7.39. The summed E-state index contributed by atoms with van der Waals surface area (Å²) in [5, 5.41) is 14.8. The van der Waals surface area contributed by atoms with Crippen LogP contribution >= 0.6 is 0 Å². The first-order valence-corrected chi connectivity index (χ1v) is 7.39. The van der Waals surface area contributed by atoms with Crippen molar-refractivity contribution in [3.05, 3.63) is 54.1 Å². The Morgan fingerprint density at radius 2 is 1.96 bits per heavy atom. The number of terminal acetylenes is 1. The number of carbonyl (C=O) groups excluding carboxylic acids is 1. The van der Waals surface area contributed by atoms with E-state index in [1.807, 2.05) is 6.07 Å². The van der Waals surface area contributed by atoms with Crippen molar-refractivity contribution in [2.75, 3.05) is 11.9 Å². The average molecular weight is 319 g/mol. The van der Waals surface area contributed by atoms with Crippen LogP contribution in [0.1, 0.15) is 12.5 Å². The highest BCUT2D eigenvalue weighted by molar-refractivity contribution is 5.84. The second-order valence-electron chi connectivity index (χ2n) is 5.02. The van der Waals surface area contributed by atoms with Crippen LogP contribution < -0.4 is 15.4 Å². The number of amides is 1. The number of nitrogens with zero attached hydrogens (tertiary/aromatic N) is 1. The first kappa shape index (κ1) is 16.9. The van der Waals surface area contributed by atoms with Gasteiger partial charge in [0.2, 0.25) is 5.91 Å².